The Labute approximate surface area is 311 Å². The molecule has 268 valence electrons. The fourth-order valence-corrected chi connectivity index (χ4v) is 9.45. The lowest BCUT2D eigenvalue weighted by atomic mass is 9.73. The lowest BCUT2D eigenvalue weighted by Crippen LogP contribution is -2.37. The summed E-state index contributed by atoms with van der Waals surface area (Å²) in [6.07, 6.45) is 2.64. The molecule has 0 bridgehead atoms. The highest BCUT2D eigenvalue weighted by Crippen LogP contribution is 2.56. The highest BCUT2D eigenvalue weighted by molar-refractivity contribution is 7.19. The van der Waals surface area contributed by atoms with Gasteiger partial charge < -0.3 is 20.2 Å². The average Bonchev–Trinajstić information content (AvgIpc) is 3.63. The molecule has 1 aromatic heterocycles. The predicted molar refractivity (Wildman–Crippen MR) is 211 cm³/mol. The fourth-order valence-electron chi connectivity index (χ4n) is 8.25. The van der Waals surface area contributed by atoms with E-state index in [1.54, 1.807) is 18.2 Å². The summed E-state index contributed by atoms with van der Waals surface area (Å²) in [7, 11) is 0. The quantitative estimate of drug-likeness (QED) is 0.0901. The van der Waals surface area contributed by atoms with Crippen molar-refractivity contribution < 1.29 is 34.3 Å². The van der Waals surface area contributed by atoms with Crippen molar-refractivity contribution in [1.82, 2.24) is 0 Å². The first-order chi connectivity index (χ1) is 25.4. The minimum atomic E-state index is -1.03. The standard InChI is InChI=1S/C44H40N2O6S/c1-26-13-15-29(16-14-26)25-44(4)39-33-11-7-5-9-31(33)32-10-6-8-12-34(32)40(39)46(22-20-38(49)50)41(44)27(2)23-28(3)42-45(21-19-37(47)48)35-18-17-30(43(51)52)24-36(35)53-42/h5-18,23-24H,19-22,25H2,1-4H3,(H2-,47,48,49,50,51,52)/p+1. The van der Waals surface area contributed by atoms with E-state index in [9.17, 15) is 29.7 Å². The SMILES string of the molecule is C/C(=C\C(C)=C1\N(CCC(=O)O)c2c(c3ccccc3c3ccccc23)C1(C)Cc1ccc(C)cc1)c1sc2cc(C(=O)O)ccc2[n+]1CCC(=O)O. The van der Waals surface area contributed by atoms with Crippen molar-refractivity contribution in [3.8, 4) is 0 Å². The molecule has 3 N–H and O–H groups in total. The van der Waals surface area contributed by atoms with Crippen molar-refractivity contribution in [1.29, 1.82) is 0 Å². The number of aryl methyl sites for hydroxylation is 2. The molecule has 53 heavy (non-hydrogen) atoms. The van der Waals surface area contributed by atoms with Gasteiger partial charge in [0.25, 0.3) is 5.01 Å². The number of allylic oxidation sites excluding steroid dienone is 4. The fraction of sp³-hybridized carbons (Fsp3) is 0.227. The van der Waals surface area contributed by atoms with E-state index < -0.39 is 23.3 Å². The zero-order chi connectivity index (χ0) is 37.6. The van der Waals surface area contributed by atoms with E-state index in [2.05, 4.69) is 92.4 Å². The molecule has 0 aliphatic carbocycles. The van der Waals surface area contributed by atoms with Crippen molar-refractivity contribution in [2.24, 2.45) is 0 Å². The smallest absolute Gasteiger partial charge is 0.335 e. The Bertz CT molecular complexity index is 2530. The molecule has 9 heteroatoms. The largest absolute Gasteiger partial charge is 0.481 e. The first kappa shape index (κ1) is 35.6. The van der Waals surface area contributed by atoms with Crippen LogP contribution in [0.5, 0.6) is 0 Å². The highest BCUT2D eigenvalue weighted by Gasteiger charge is 2.47. The Morgan fingerprint density at radius 3 is 2.08 bits per heavy atom. The number of anilines is 1. The molecule has 0 amide bonds. The number of aromatic carboxylic acids is 1. The summed E-state index contributed by atoms with van der Waals surface area (Å²) in [5, 5.41) is 34.6. The average molecular weight is 726 g/mol. The molecule has 6 aromatic rings. The van der Waals surface area contributed by atoms with Crippen molar-refractivity contribution in [2.75, 3.05) is 11.4 Å². The maximum Gasteiger partial charge on any atom is 0.335 e. The molecule has 1 aliphatic heterocycles. The van der Waals surface area contributed by atoms with Crippen molar-refractivity contribution in [3.63, 3.8) is 0 Å². The van der Waals surface area contributed by atoms with E-state index in [-0.39, 0.29) is 31.5 Å². The molecule has 5 aromatic carbocycles. The highest BCUT2D eigenvalue weighted by atomic mass is 32.1. The van der Waals surface area contributed by atoms with Gasteiger partial charge in [0.05, 0.1) is 17.7 Å². The van der Waals surface area contributed by atoms with Crippen LogP contribution in [0.25, 0.3) is 37.3 Å². The van der Waals surface area contributed by atoms with E-state index in [0.29, 0.717) is 6.42 Å². The van der Waals surface area contributed by atoms with Crippen LogP contribution in [-0.4, -0.2) is 39.8 Å². The maximum atomic E-state index is 12.2. The molecule has 7 rings (SSSR count). The number of benzene rings is 5. The van der Waals surface area contributed by atoms with Crippen LogP contribution in [0.15, 0.2) is 108 Å². The second kappa shape index (κ2) is 14.0. The van der Waals surface area contributed by atoms with Gasteiger partial charge >= 0.3 is 17.9 Å². The van der Waals surface area contributed by atoms with Crippen LogP contribution in [0, 0.1) is 6.92 Å². The van der Waals surface area contributed by atoms with Gasteiger partial charge in [0.15, 0.2) is 6.54 Å². The number of hydrogen-bond acceptors (Lipinski definition) is 5. The number of thiazole rings is 1. The topological polar surface area (TPSA) is 119 Å². The van der Waals surface area contributed by atoms with Crippen LogP contribution < -0.4 is 9.47 Å². The van der Waals surface area contributed by atoms with Crippen LogP contribution in [0.3, 0.4) is 0 Å². The second-order valence-electron chi connectivity index (χ2n) is 14.2. The van der Waals surface area contributed by atoms with Crippen LogP contribution in [-0.2, 0) is 28.0 Å². The number of carboxylic acids is 3. The number of fused-ring (bicyclic) bond motifs is 7. The maximum absolute atomic E-state index is 12.2. The van der Waals surface area contributed by atoms with Gasteiger partial charge in [-0.05, 0) is 85.2 Å². The van der Waals surface area contributed by atoms with Crippen LogP contribution in [0.4, 0.5) is 5.69 Å². The first-order valence-electron chi connectivity index (χ1n) is 17.7. The normalized spacial score (nSPS) is 16.8. The van der Waals surface area contributed by atoms with Gasteiger partial charge in [0.2, 0.25) is 5.52 Å². The summed E-state index contributed by atoms with van der Waals surface area (Å²) in [4.78, 5) is 38.0. The summed E-state index contributed by atoms with van der Waals surface area (Å²) in [6.45, 7) is 8.91. The molecule has 1 aliphatic rings. The minimum Gasteiger partial charge on any atom is -0.481 e. The third-order valence-corrected chi connectivity index (χ3v) is 11.7. The molecule has 0 saturated carbocycles. The Morgan fingerprint density at radius 2 is 1.43 bits per heavy atom. The number of carboxylic acid groups (broad SMARTS) is 3. The van der Waals surface area contributed by atoms with Gasteiger partial charge in [0, 0.05) is 34.7 Å². The van der Waals surface area contributed by atoms with Gasteiger partial charge in [0.1, 0.15) is 11.1 Å². The van der Waals surface area contributed by atoms with Crippen molar-refractivity contribution >= 4 is 72.3 Å². The van der Waals surface area contributed by atoms with E-state index in [4.69, 9.17) is 0 Å². The summed E-state index contributed by atoms with van der Waals surface area (Å²) in [5.74, 6) is -2.83. The third-order valence-electron chi connectivity index (χ3n) is 10.4. The molecule has 1 unspecified atom stereocenters. The number of hydrogen-bond donors (Lipinski definition) is 3. The molecule has 2 heterocycles. The Morgan fingerprint density at radius 1 is 0.811 bits per heavy atom. The third kappa shape index (κ3) is 6.46. The lowest BCUT2D eigenvalue weighted by molar-refractivity contribution is -0.668. The zero-order valence-corrected chi connectivity index (χ0v) is 31.0. The van der Waals surface area contributed by atoms with E-state index in [0.717, 1.165) is 70.4 Å². The molecular weight excluding hydrogens is 685 g/mol. The van der Waals surface area contributed by atoms with Crippen molar-refractivity contribution in [2.45, 2.75) is 58.9 Å². The summed E-state index contributed by atoms with van der Waals surface area (Å²) >= 11 is 1.43. The molecule has 0 saturated heterocycles. The molecule has 1 atom stereocenters. The number of rotatable bonds is 11. The predicted octanol–water partition coefficient (Wildman–Crippen LogP) is 9.15. The van der Waals surface area contributed by atoms with Crippen LogP contribution in [0.2, 0.25) is 0 Å². The van der Waals surface area contributed by atoms with Gasteiger partial charge in [-0.1, -0.05) is 89.7 Å². The first-order valence-corrected chi connectivity index (χ1v) is 18.5. The molecule has 0 spiro atoms. The molecule has 0 radical (unpaired) electrons. The minimum absolute atomic E-state index is 0.0574. The lowest BCUT2D eigenvalue weighted by Gasteiger charge is -2.32. The number of aliphatic carboxylic acids is 2. The second-order valence-corrected chi connectivity index (χ2v) is 15.2. The Hall–Kier alpha value is -5.80. The molecular formula is C44H41N2O6S+. The van der Waals surface area contributed by atoms with E-state index >= 15 is 0 Å². The van der Waals surface area contributed by atoms with Gasteiger partial charge in [-0.2, -0.15) is 4.57 Å². The Kier molecular flexibility index (Phi) is 9.38. The van der Waals surface area contributed by atoms with E-state index in [1.165, 1.54) is 16.9 Å². The number of aromatic nitrogens is 1. The van der Waals surface area contributed by atoms with Gasteiger partial charge in [-0.15, -0.1) is 0 Å². The summed E-state index contributed by atoms with van der Waals surface area (Å²) in [6, 6.07) is 30.3. The summed E-state index contributed by atoms with van der Waals surface area (Å²) < 4.78 is 2.71. The molecule has 0 fully saturated rings. The zero-order valence-electron chi connectivity index (χ0n) is 30.1. The number of carbonyl (C=O) groups is 3. The number of nitrogens with zero attached hydrogens (tertiary/aromatic N) is 2. The van der Waals surface area contributed by atoms with Gasteiger partial charge in [-0.25, -0.2) is 4.79 Å². The monoisotopic (exact) mass is 725 g/mol. The van der Waals surface area contributed by atoms with Crippen LogP contribution in [0.1, 0.15) is 65.7 Å². The van der Waals surface area contributed by atoms with Gasteiger partial charge in [-0.3, -0.25) is 9.59 Å². The van der Waals surface area contributed by atoms with Crippen molar-refractivity contribution in [3.05, 3.63) is 136 Å². The summed E-state index contributed by atoms with van der Waals surface area (Å²) in [5.41, 5.74) is 7.74. The molecule has 8 nitrogen and oxygen atoms in total. The Balaban J connectivity index is 1.51. The van der Waals surface area contributed by atoms with Crippen LogP contribution >= 0.6 is 11.3 Å². The van der Waals surface area contributed by atoms with E-state index in [1.807, 2.05) is 23.6 Å².